The van der Waals surface area contributed by atoms with Gasteiger partial charge in [-0.05, 0) is 47.2 Å². The zero-order valence-corrected chi connectivity index (χ0v) is 17.2. The first-order valence-electron chi connectivity index (χ1n) is 10.5. The second-order valence-corrected chi connectivity index (χ2v) is 7.82. The number of ether oxygens (including phenoxy) is 1. The molecule has 3 heteroatoms. The van der Waals surface area contributed by atoms with E-state index in [-0.39, 0.29) is 0 Å². The van der Waals surface area contributed by atoms with Gasteiger partial charge in [0.25, 0.3) is 0 Å². The van der Waals surface area contributed by atoms with Gasteiger partial charge in [0.1, 0.15) is 5.75 Å². The topological polar surface area (TPSA) is 24.5 Å². The third-order valence-electron chi connectivity index (χ3n) is 5.82. The lowest BCUT2D eigenvalue weighted by Gasteiger charge is -2.37. The van der Waals surface area contributed by atoms with Crippen LogP contribution in [0.3, 0.4) is 0 Å². The van der Waals surface area contributed by atoms with E-state index >= 15 is 0 Å². The summed E-state index contributed by atoms with van der Waals surface area (Å²) in [5.41, 5.74) is 5.67. The summed E-state index contributed by atoms with van der Waals surface area (Å²) in [6.45, 7) is 3.93. The second kappa shape index (κ2) is 9.73. The molecule has 1 N–H and O–H groups in total. The summed E-state index contributed by atoms with van der Waals surface area (Å²) < 4.78 is 5.32. The lowest BCUT2D eigenvalue weighted by Crippen LogP contribution is -2.44. The Hall–Kier alpha value is -2.62. The largest absolute Gasteiger partial charge is 0.497 e. The van der Waals surface area contributed by atoms with E-state index in [0.29, 0.717) is 6.04 Å². The Morgan fingerprint density at radius 3 is 2.48 bits per heavy atom. The molecule has 3 aromatic rings. The van der Waals surface area contributed by atoms with Crippen molar-refractivity contribution in [2.75, 3.05) is 20.2 Å². The lowest BCUT2D eigenvalue weighted by molar-refractivity contribution is 0.170. The summed E-state index contributed by atoms with van der Waals surface area (Å²) in [7, 11) is 1.72. The van der Waals surface area contributed by atoms with Crippen LogP contribution in [0.1, 0.15) is 22.3 Å². The van der Waals surface area contributed by atoms with Gasteiger partial charge in [-0.25, -0.2) is 0 Å². The molecular weight excluding hydrogens is 356 g/mol. The summed E-state index contributed by atoms with van der Waals surface area (Å²) in [5, 5.41) is 3.61. The van der Waals surface area contributed by atoms with Gasteiger partial charge in [-0.15, -0.1) is 0 Å². The quantitative estimate of drug-likeness (QED) is 0.579. The highest BCUT2D eigenvalue weighted by Gasteiger charge is 2.25. The van der Waals surface area contributed by atoms with Crippen molar-refractivity contribution in [2.45, 2.75) is 32.0 Å². The molecule has 1 aliphatic rings. The van der Waals surface area contributed by atoms with Gasteiger partial charge in [0, 0.05) is 32.2 Å². The average Bonchev–Trinajstić information content (AvgIpc) is 2.77. The number of nitrogens with zero attached hydrogens (tertiary/aromatic N) is 1. The summed E-state index contributed by atoms with van der Waals surface area (Å²) in [4.78, 5) is 2.65. The maximum absolute atomic E-state index is 5.32. The van der Waals surface area contributed by atoms with Gasteiger partial charge in [0.15, 0.2) is 0 Å². The van der Waals surface area contributed by atoms with Gasteiger partial charge < -0.3 is 10.1 Å². The standard InChI is InChI=1S/C26H30N2O/c1-29-26-13-7-10-22(17-26)19-27-14-15-28-20-24-12-6-5-11-23(24)18-25(28)16-21-8-3-2-4-9-21/h2-13,17,25,27H,14-16,18-20H2,1H3. The molecule has 0 saturated carbocycles. The van der Waals surface area contributed by atoms with E-state index in [1.54, 1.807) is 7.11 Å². The van der Waals surface area contributed by atoms with Crippen LogP contribution >= 0.6 is 0 Å². The molecule has 0 spiro atoms. The van der Waals surface area contributed by atoms with Crippen molar-refractivity contribution in [2.24, 2.45) is 0 Å². The predicted molar refractivity (Wildman–Crippen MR) is 119 cm³/mol. The molecule has 3 aromatic carbocycles. The molecule has 0 fully saturated rings. The third-order valence-corrected chi connectivity index (χ3v) is 5.82. The Kier molecular flexibility index (Phi) is 6.60. The van der Waals surface area contributed by atoms with E-state index in [1.807, 2.05) is 12.1 Å². The van der Waals surface area contributed by atoms with Crippen LogP contribution in [-0.4, -0.2) is 31.1 Å². The van der Waals surface area contributed by atoms with Gasteiger partial charge >= 0.3 is 0 Å². The minimum atomic E-state index is 0.547. The van der Waals surface area contributed by atoms with Crippen LogP contribution in [0.2, 0.25) is 0 Å². The SMILES string of the molecule is COc1cccc(CNCCN2Cc3ccccc3CC2Cc2ccccc2)c1. The number of fused-ring (bicyclic) bond motifs is 1. The molecular formula is C26H30N2O. The molecule has 3 nitrogen and oxygen atoms in total. The molecule has 1 unspecified atom stereocenters. The third kappa shape index (κ3) is 5.26. The highest BCUT2D eigenvalue weighted by atomic mass is 16.5. The van der Waals surface area contributed by atoms with Gasteiger partial charge in [-0.2, -0.15) is 0 Å². The van der Waals surface area contributed by atoms with Crippen LogP contribution in [0, 0.1) is 0 Å². The molecule has 1 atom stereocenters. The Balaban J connectivity index is 1.37. The summed E-state index contributed by atoms with van der Waals surface area (Å²) in [6, 6.07) is 28.6. The Morgan fingerprint density at radius 1 is 0.897 bits per heavy atom. The highest BCUT2D eigenvalue weighted by Crippen LogP contribution is 2.25. The van der Waals surface area contributed by atoms with E-state index in [0.717, 1.165) is 44.8 Å². The van der Waals surface area contributed by atoms with Crippen LogP contribution in [0.25, 0.3) is 0 Å². The van der Waals surface area contributed by atoms with Crippen LogP contribution in [0.5, 0.6) is 5.75 Å². The molecule has 0 radical (unpaired) electrons. The zero-order chi connectivity index (χ0) is 19.9. The molecule has 4 rings (SSSR count). The molecule has 0 saturated heterocycles. The van der Waals surface area contributed by atoms with Crippen LogP contribution in [0.4, 0.5) is 0 Å². The number of hydrogen-bond donors (Lipinski definition) is 1. The monoisotopic (exact) mass is 386 g/mol. The van der Waals surface area contributed by atoms with Crippen LogP contribution in [0.15, 0.2) is 78.9 Å². The molecule has 1 aliphatic heterocycles. The molecule has 0 aromatic heterocycles. The van der Waals surface area contributed by atoms with Gasteiger partial charge in [0.05, 0.1) is 7.11 Å². The Labute approximate surface area is 174 Å². The smallest absolute Gasteiger partial charge is 0.119 e. The van der Waals surface area contributed by atoms with Crippen molar-refractivity contribution < 1.29 is 4.74 Å². The van der Waals surface area contributed by atoms with Crippen molar-refractivity contribution in [3.8, 4) is 5.75 Å². The minimum Gasteiger partial charge on any atom is -0.497 e. The average molecular weight is 387 g/mol. The van der Waals surface area contributed by atoms with Crippen molar-refractivity contribution in [1.82, 2.24) is 10.2 Å². The maximum Gasteiger partial charge on any atom is 0.119 e. The molecule has 0 bridgehead atoms. The second-order valence-electron chi connectivity index (χ2n) is 7.82. The number of hydrogen-bond acceptors (Lipinski definition) is 3. The molecule has 29 heavy (non-hydrogen) atoms. The van der Waals surface area contributed by atoms with Crippen molar-refractivity contribution in [3.05, 3.63) is 101 Å². The Bertz CT molecular complexity index is 909. The van der Waals surface area contributed by atoms with Gasteiger partial charge in [0.2, 0.25) is 0 Å². The van der Waals surface area contributed by atoms with E-state index in [4.69, 9.17) is 4.74 Å². The van der Waals surface area contributed by atoms with Crippen molar-refractivity contribution in [3.63, 3.8) is 0 Å². The first-order chi connectivity index (χ1) is 14.3. The molecule has 1 heterocycles. The van der Waals surface area contributed by atoms with Gasteiger partial charge in [-0.3, -0.25) is 4.90 Å². The predicted octanol–water partition coefficient (Wildman–Crippen LogP) is 4.45. The number of rotatable bonds is 8. The number of benzene rings is 3. The summed E-state index contributed by atoms with van der Waals surface area (Å²) >= 11 is 0. The van der Waals surface area contributed by atoms with E-state index in [1.165, 1.54) is 22.3 Å². The maximum atomic E-state index is 5.32. The van der Waals surface area contributed by atoms with E-state index in [2.05, 4.69) is 76.9 Å². The number of methoxy groups -OCH3 is 1. The lowest BCUT2D eigenvalue weighted by atomic mass is 9.90. The van der Waals surface area contributed by atoms with Crippen molar-refractivity contribution in [1.29, 1.82) is 0 Å². The highest BCUT2D eigenvalue weighted by molar-refractivity contribution is 5.31. The molecule has 150 valence electrons. The van der Waals surface area contributed by atoms with E-state index in [9.17, 15) is 0 Å². The van der Waals surface area contributed by atoms with E-state index < -0.39 is 0 Å². The Morgan fingerprint density at radius 2 is 1.66 bits per heavy atom. The zero-order valence-electron chi connectivity index (χ0n) is 17.2. The minimum absolute atomic E-state index is 0.547. The fourth-order valence-electron chi connectivity index (χ4n) is 4.23. The summed E-state index contributed by atoms with van der Waals surface area (Å²) in [6.07, 6.45) is 2.23. The normalized spacial score (nSPS) is 16.4. The van der Waals surface area contributed by atoms with Gasteiger partial charge in [-0.1, -0.05) is 66.7 Å². The van der Waals surface area contributed by atoms with Crippen molar-refractivity contribution >= 4 is 0 Å². The van der Waals surface area contributed by atoms with Crippen LogP contribution < -0.4 is 10.1 Å². The number of nitrogens with one attached hydrogen (secondary N) is 1. The summed E-state index contributed by atoms with van der Waals surface area (Å²) in [5.74, 6) is 0.917. The fourth-order valence-corrected chi connectivity index (χ4v) is 4.23. The van der Waals surface area contributed by atoms with Crippen LogP contribution in [-0.2, 0) is 25.9 Å². The first-order valence-corrected chi connectivity index (χ1v) is 10.5. The molecule has 0 aliphatic carbocycles. The molecule has 0 amide bonds. The fraction of sp³-hybridized carbons (Fsp3) is 0.308. The first kappa shape index (κ1) is 19.7.